The van der Waals surface area contributed by atoms with Gasteiger partial charge < -0.3 is 20.3 Å². The van der Waals surface area contributed by atoms with Gasteiger partial charge in [0, 0.05) is 39.4 Å². The second kappa shape index (κ2) is 14.7. The number of carbonyl (C=O) groups is 1. The Balaban J connectivity index is 1.66. The summed E-state index contributed by atoms with van der Waals surface area (Å²) < 4.78 is 34.0. The van der Waals surface area contributed by atoms with Gasteiger partial charge in [0.15, 0.2) is 0 Å². The van der Waals surface area contributed by atoms with Gasteiger partial charge in [0.1, 0.15) is 11.6 Å². The number of methoxy groups -OCH3 is 1. The number of unbranched alkanes of at least 4 members (excludes halogenated alkanes) is 1. The van der Waals surface area contributed by atoms with Crippen molar-refractivity contribution in [3.05, 3.63) is 35.4 Å². The average molecular weight is 494 g/mol. The van der Waals surface area contributed by atoms with Crippen LogP contribution in [0.1, 0.15) is 82.1 Å². The highest BCUT2D eigenvalue weighted by atomic mass is 19.1. The summed E-state index contributed by atoms with van der Waals surface area (Å²) in [5, 5.41) is 6.53. The molecule has 1 saturated carbocycles. The molecule has 3 atom stereocenters. The van der Waals surface area contributed by atoms with E-state index in [0.717, 1.165) is 45.1 Å². The average Bonchev–Trinajstić information content (AvgIpc) is 2.86. The van der Waals surface area contributed by atoms with E-state index < -0.39 is 5.82 Å². The summed E-state index contributed by atoms with van der Waals surface area (Å²) in [6.45, 7) is 2.70. The highest BCUT2D eigenvalue weighted by molar-refractivity contribution is 5.74. The van der Waals surface area contributed by atoms with Gasteiger partial charge in [0.25, 0.3) is 0 Å². The van der Waals surface area contributed by atoms with Crippen LogP contribution in [0.25, 0.3) is 0 Å². The standard InChI is InChI=1S/C28H45F2N3O2/c1-31-19-24(17-21-9-4-3-5-10-21)32-28(34)33-15-8-11-22(20-33)25(12-6-7-16-35-2)26-18-23(29)13-14-27(26)30/h13-14,18,21-22,24-25,31H,3-12,15-17,19-20H2,1-2H3,(H,32,34)/t22-,24+,25-/m1/s1. The number of urea groups is 1. The Hall–Kier alpha value is -1.73. The fourth-order valence-electron chi connectivity index (χ4n) is 6.11. The van der Waals surface area contributed by atoms with Crippen LogP contribution >= 0.6 is 0 Å². The number of likely N-dealkylation sites (tertiary alicyclic amines) is 1. The minimum absolute atomic E-state index is 0.0244. The summed E-state index contributed by atoms with van der Waals surface area (Å²) in [6, 6.07) is 3.84. The van der Waals surface area contributed by atoms with Crippen molar-refractivity contribution in [2.75, 3.05) is 40.4 Å². The number of rotatable bonds is 12. The molecule has 2 N–H and O–H groups in total. The van der Waals surface area contributed by atoms with Crippen molar-refractivity contribution in [3.63, 3.8) is 0 Å². The first-order valence-corrected chi connectivity index (χ1v) is 13.7. The van der Waals surface area contributed by atoms with Crippen LogP contribution < -0.4 is 10.6 Å². The van der Waals surface area contributed by atoms with Crippen molar-refractivity contribution < 1.29 is 18.3 Å². The third-order valence-electron chi connectivity index (χ3n) is 7.91. The van der Waals surface area contributed by atoms with Gasteiger partial charge in [-0.1, -0.05) is 38.5 Å². The Morgan fingerprint density at radius 1 is 1.14 bits per heavy atom. The first kappa shape index (κ1) is 27.9. The van der Waals surface area contributed by atoms with Crippen molar-refractivity contribution in [1.82, 2.24) is 15.5 Å². The van der Waals surface area contributed by atoms with Crippen LogP contribution in [0.2, 0.25) is 0 Å². The first-order valence-electron chi connectivity index (χ1n) is 13.7. The van der Waals surface area contributed by atoms with Gasteiger partial charge in [-0.15, -0.1) is 0 Å². The maximum atomic E-state index is 14.8. The number of carbonyl (C=O) groups excluding carboxylic acids is 1. The van der Waals surface area contributed by atoms with E-state index in [1.165, 1.54) is 50.3 Å². The van der Waals surface area contributed by atoms with Gasteiger partial charge in [0.2, 0.25) is 0 Å². The zero-order valence-electron chi connectivity index (χ0n) is 21.7. The number of piperidine rings is 1. The Morgan fingerprint density at radius 2 is 1.94 bits per heavy atom. The molecule has 0 spiro atoms. The van der Waals surface area contributed by atoms with Crippen LogP contribution in [0, 0.1) is 23.5 Å². The van der Waals surface area contributed by atoms with Crippen LogP contribution in [-0.2, 0) is 4.74 Å². The number of hydrogen-bond acceptors (Lipinski definition) is 3. The van der Waals surface area contributed by atoms with E-state index >= 15 is 0 Å². The molecule has 2 fully saturated rings. The van der Waals surface area contributed by atoms with Crippen molar-refractivity contribution in [2.24, 2.45) is 11.8 Å². The van der Waals surface area contributed by atoms with Crippen molar-refractivity contribution in [2.45, 2.75) is 82.6 Å². The van der Waals surface area contributed by atoms with Gasteiger partial charge in [-0.05, 0) is 80.7 Å². The molecule has 2 aliphatic rings. The molecular formula is C28H45F2N3O2. The van der Waals surface area contributed by atoms with Crippen LogP contribution in [0.15, 0.2) is 18.2 Å². The Morgan fingerprint density at radius 3 is 2.69 bits per heavy atom. The van der Waals surface area contributed by atoms with Gasteiger partial charge in [0.05, 0.1) is 0 Å². The highest BCUT2D eigenvalue weighted by Crippen LogP contribution is 2.37. The van der Waals surface area contributed by atoms with E-state index in [2.05, 4.69) is 10.6 Å². The summed E-state index contributed by atoms with van der Waals surface area (Å²) in [7, 11) is 3.61. The lowest BCUT2D eigenvalue weighted by molar-refractivity contribution is 0.146. The number of nitrogens with one attached hydrogen (secondary N) is 2. The molecule has 1 aromatic carbocycles. The summed E-state index contributed by atoms with van der Waals surface area (Å²) in [5.74, 6) is -0.0931. The van der Waals surface area contributed by atoms with Crippen molar-refractivity contribution in [1.29, 1.82) is 0 Å². The molecule has 1 aliphatic heterocycles. The molecule has 7 heteroatoms. The number of benzene rings is 1. The zero-order chi connectivity index (χ0) is 25.0. The summed E-state index contributed by atoms with van der Waals surface area (Å²) in [4.78, 5) is 15.2. The minimum Gasteiger partial charge on any atom is -0.385 e. The summed E-state index contributed by atoms with van der Waals surface area (Å²) in [6.07, 6.45) is 11.7. The molecule has 0 aromatic heterocycles. The van der Waals surface area contributed by atoms with Gasteiger partial charge in [-0.2, -0.15) is 0 Å². The number of nitrogens with zero attached hydrogens (tertiary/aromatic N) is 1. The summed E-state index contributed by atoms with van der Waals surface area (Å²) in [5.41, 5.74) is 0.444. The quantitative estimate of drug-likeness (QED) is 0.360. The lowest BCUT2D eigenvalue weighted by atomic mass is 9.78. The second-order valence-corrected chi connectivity index (χ2v) is 10.6. The van der Waals surface area contributed by atoms with Crippen LogP contribution in [0.5, 0.6) is 0 Å². The molecule has 3 rings (SSSR count). The van der Waals surface area contributed by atoms with E-state index in [4.69, 9.17) is 4.74 Å². The second-order valence-electron chi connectivity index (χ2n) is 10.6. The minimum atomic E-state index is -0.411. The molecule has 198 valence electrons. The molecule has 1 aliphatic carbocycles. The maximum Gasteiger partial charge on any atom is 0.317 e. The van der Waals surface area contributed by atoms with E-state index in [9.17, 15) is 13.6 Å². The van der Waals surface area contributed by atoms with Crippen molar-refractivity contribution >= 4 is 6.03 Å². The molecule has 2 amide bonds. The fourth-order valence-corrected chi connectivity index (χ4v) is 6.11. The Bertz CT molecular complexity index is 773. The molecule has 1 heterocycles. The molecule has 0 unspecified atom stereocenters. The smallest absolute Gasteiger partial charge is 0.317 e. The number of ether oxygens (including phenoxy) is 1. The third kappa shape index (κ3) is 8.71. The van der Waals surface area contributed by atoms with E-state index in [1.807, 2.05) is 11.9 Å². The van der Waals surface area contributed by atoms with Crippen molar-refractivity contribution in [3.8, 4) is 0 Å². The van der Waals surface area contributed by atoms with E-state index in [1.54, 1.807) is 7.11 Å². The lowest BCUT2D eigenvalue weighted by Crippen LogP contribution is -2.51. The highest BCUT2D eigenvalue weighted by Gasteiger charge is 2.32. The third-order valence-corrected chi connectivity index (χ3v) is 7.91. The normalized spacial score (nSPS) is 21.0. The molecule has 35 heavy (non-hydrogen) atoms. The Kier molecular flexibility index (Phi) is 11.7. The number of hydrogen-bond donors (Lipinski definition) is 2. The monoisotopic (exact) mass is 493 g/mol. The molecular weight excluding hydrogens is 448 g/mol. The first-order chi connectivity index (χ1) is 17.0. The van der Waals surface area contributed by atoms with Gasteiger partial charge >= 0.3 is 6.03 Å². The molecule has 5 nitrogen and oxygen atoms in total. The van der Waals surface area contributed by atoms with Gasteiger partial charge in [-0.3, -0.25) is 0 Å². The largest absolute Gasteiger partial charge is 0.385 e. The van der Waals surface area contributed by atoms with Gasteiger partial charge in [-0.25, -0.2) is 13.6 Å². The zero-order valence-corrected chi connectivity index (χ0v) is 21.7. The fraction of sp³-hybridized carbons (Fsp3) is 0.750. The number of likely N-dealkylation sites (N-methyl/N-ethyl adjacent to an activating group) is 1. The number of amides is 2. The summed E-state index contributed by atoms with van der Waals surface area (Å²) >= 11 is 0. The number of halogens is 2. The van der Waals surface area contributed by atoms with Crippen LogP contribution in [0.3, 0.4) is 0 Å². The topological polar surface area (TPSA) is 53.6 Å². The Labute approximate surface area is 210 Å². The molecule has 1 saturated heterocycles. The SMILES string of the molecule is CNC[C@H](CC1CCCCC1)NC(=O)N1CCC[C@@H]([C@@H](CCCCOC)c2cc(F)ccc2F)C1. The van der Waals surface area contributed by atoms with E-state index in [0.29, 0.717) is 31.2 Å². The molecule has 0 bridgehead atoms. The van der Waals surface area contributed by atoms with Crippen LogP contribution in [-0.4, -0.2) is 57.4 Å². The van der Waals surface area contributed by atoms with E-state index in [-0.39, 0.29) is 29.7 Å². The molecule has 1 aromatic rings. The van der Waals surface area contributed by atoms with Crippen LogP contribution in [0.4, 0.5) is 13.6 Å². The predicted octanol–water partition coefficient (Wildman–Crippen LogP) is 5.85. The maximum absolute atomic E-state index is 14.8. The molecule has 0 radical (unpaired) electrons. The predicted molar refractivity (Wildman–Crippen MR) is 137 cm³/mol. The lowest BCUT2D eigenvalue weighted by Gasteiger charge is -2.38.